The summed E-state index contributed by atoms with van der Waals surface area (Å²) >= 11 is 0. The van der Waals surface area contributed by atoms with Crippen molar-refractivity contribution in [1.29, 1.82) is 0 Å². The van der Waals surface area contributed by atoms with Gasteiger partial charge in [0.25, 0.3) is 0 Å². The molecule has 0 aliphatic rings. The number of ketones is 1. The molecule has 1 atom stereocenters. The van der Waals surface area contributed by atoms with E-state index in [1.54, 1.807) is 6.07 Å². The molecule has 0 saturated heterocycles. The number of carbonyl (C=O) groups is 1. The zero-order valence-corrected chi connectivity index (χ0v) is 14.8. The number of halogens is 1. The monoisotopic (exact) mass is 306 g/mol. The molecule has 0 amide bonds. The predicted octanol–water partition coefficient (Wildman–Crippen LogP) is 6.23. The highest BCUT2D eigenvalue weighted by Gasteiger charge is 2.16. The SMILES string of the molecule is CC(C)CCCCC(=O)CC(C)c1ccc(C(C)C)cc1F. The van der Waals surface area contributed by atoms with Crippen molar-refractivity contribution in [3.05, 3.63) is 35.1 Å². The molecule has 1 aromatic carbocycles. The van der Waals surface area contributed by atoms with Crippen molar-refractivity contribution in [3.8, 4) is 0 Å². The zero-order valence-electron chi connectivity index (χ0n) is 14.8. The van der Waals surface area contributed by atoms with Gasteiger partial charge >= 0.3 is 0 Å². The first kappa shape index (κ1) is 18.9. The van der Waals surface area contributed by atoms with Gasteiger partial charge in [-0.25, -0.2) is 4.39 Å². The lowest BCUT2D eigenvalue weighted by atomic mass is 9.91. The fraction of sp³-hybridized carbons (Fsp3) is 0.650. The van der Waals surface area contributed by atoms with Crippen LogP contribution in [0.4, 0.5) is 4.39 Å². The molecule has 0 spiro atoms. The fourth-order valence-corrected chi connectivity index (χ4v) is 2.73. The molecule has 22 heavy (non-hydrogen) atoms. The van der Waals surface area contributed by atoms with Crippen molar-refractivity contribution in [2.45, 2.75) is 78.6 Å². The summed E-state index contributed by atoms with van der Waals surface area (Å²) in [5.74, 6) is 1.05. The molecule has 1 nitrogen and oxygen atoms in total. The molecule has 0 aromatic heterocycles. The first-order valence-electron chi connectivity index (χ1n) is 8.62. The standard InChI is InChI=1S/C20H31FO/c1-14(2)8-6-7-9-18(22)12-16(5)19-11-10-17(15(3)4)13-20(19)21/h10-11,13-16H,6-9,12H2,1-5H3. The van der Waals surface area contributed by atoms with Gasteiger partial charge in [0.2, 0.25) is 0 Å². The number of Topliss-reactive ketones (excluding diaryl/α,β-unsaturated/α-hetero) is 1. The molecule has 1 aromatic rings. The van der Waals surface area contributed by atoms with Crippen LogP contribution >= 0.6 is 0 Å². The van der Waals surface area contributed by atoms with Gasteiger partial charge in [-0.15, -0.1) is 0 Å². The highest BCUT2D eigenvalue weighted by Crippen LogP contribution is 2.26. The van der Waals surface area contributed by atoms with Crippen LogP contribution in [0.2, 0.25) is 0 Å². The minimum Gasteiger partial charge on any atom is -0.300 e. The maximum atomic E-state index is 14.2. The maximum Gasteiger partial charge on any atom is 0.133 e. The third-order valence-electron chi connectivity index (χ3n) is 4.24. The molecule has 1 unspecified atom stereocenters. The maximum absolute atomic E-state index is 14.2. The van der Waals surface area contributed by atoms with Gasteiger partial charge in [0, 0.05) is 12.8 Å². The lowest BCUT2D eigenvalue weighted by molar-refractivity contribution is -0.119. The summed E-state index contributed by atoms with van der Waals surface area (Å²) in [6.07, 6.45) is 4.31. The van der Waals surface area contributed by atoms with Crippen LogP contribution in [-0.4, -0.2) is 5.78 Å². The number of hydrogen-bond acceptors (Lipinski definition) is 1. The molecule has 0 N–H and O–H groups in total. The molecule has 0 saturated carbocycles. The fourth-order valence-electron chi connectivity index (χ4n) is 2.73. The minimum atomic E-state index is -0.175. The number of hydrogen-bond donors (Lipinski definition) is 0. The van der Waals surface area contributed by atoms with Crippen LogP contribution in [0, 0.1) is 11.7 Å². The van der Waals surface area contributed by atoms with Gasteiger partial charge in [-0.05, 0) is 41.4 Å². The summed E-state index contributed by atoms with van der Waals surface area (Å²) in [7, 11) is 0. The van der Waals surface area contributed by atoms with E-state index in [-0.39, 0.29) is 17.5 Å². The largest absolute Gasteiger partial charge is 0.300 e. The summed E-state index contributed by atoms with van der Waals surface area (Å²) in [6, 6.07) is 5.44. The van der Waals surface area contributed by atoms with Crippen LogP contribution in [0.5, 0.6) is 0 Å². The summed E-state index contributed by atoms with van der Waals surface area (Å²) in [4.78, 5) is 12.0. The van der Waals surface area contributed by atoms with Crippen LogP contribution in [0.1, 0.15) is 89.7 Å². The Bertz CT molecular complexity index is 477. The molecule has 124 valence electrons. The average Bonchev–Trinajstić information content (AvgIpc) is 2.43. The molecule has 0 fully saturated rings. The number of benzene rings is 1. The first-order valence-corrected chi connectivity index (χ1v) is 8.62. The summed E-state index contributed by atoms with van der Waals surface area (Å²) in [5, 5.41) is 0. The van der Waals surface area contributed by atoms with Crippen molar-refractivity contribution in [2.24, 2.45) is 5.92 Å². The van der Waals surface area contributed by atoms with Gasteiger partial charge in [0.1, 0.15) is 11.6 Å². The highest BCUT2D eigenvalue weighted by atomic mass is 19.1. The van der Waals surface area contributed by atoms with Crippen LogP contribution in [-0.2, 0) is 4.79 Å². The van der Waals surface area contributed by atoms with E-state index in [1.807, 2.05) is 19.1 Å². The molecule has 0 aliphatic carbocycles. The Morgan fingerprint density at radius 1 is 1.09 bits per heavy atom. The van der Waals surface area contributed by atoms with E-state index in [1.165, 1.54) is 6.42 Å². The van der Waals surface area contributed by atoms with Crippen LogP contribution in [0.3, 0.4) is 0 Å². The van der Waals surface area contributed by atoms with Gasteiger partial charge in [-0.3, -0.25) is 4.79 Å². The normalized spacial score (nSPS) is 12.9. The van der Waals surface area contributed by atoms with Crippen molar-refractivity contribution < 1.29 is 9.18 Å². The lowest BCUT2D eigenvalue weighted by Gasteiger charge is -2.14. The molecule has 0 bridgehead atoms. The van der Waals surface area contributed by atoms with E-state index in [0.29, 0.717) is 30.2 Å². The Hall–Kier alpha value is -1.18. The number of rotatable bonds is 9. The highest BCUT2D eigenvalue weighted by molar-refractivity contribution is 5.79. The Labute approximate surface area is 135 Å². The smallest absolute Gasteiger partial charge is 0.133 e. The Kier molecular flexibility index (Phi) is 7.78. The van der Waals surface area contributed by atoms with Gasteiger partial charge < -0.3 is 0 Å². The molecule has 1 rings (SSSR count). The van der Waals surface area contributed by atoms with E-state index < -0.39 is 0 Å². The molecule has 0 aliphatic heterocycles. The first-order chi connectivity index (χ1) is 10.3. The zero-order chi connectivity index (χ0) is 16.7. The molecule has 0 radical (unpaired) electrons. The van der Waals surface area contributed by atoms with Crippen molar-refractivity contribution in [1.82, 2.24) is 0 Å². The summed E-state index contributed by atoms with van der Waals surface area (Å²) in [6.45, 7) is 10.5. The van der Waals surface area contributed by atoms with Gasteiger partial charge in [0.15, 0.2) is 0 Å². The third-order valence-corrected chi connectivity index (χ3v) is 4.24. The second-order valence-electron chi connectivity index (χ2n) is 7.22. The van der Waals surface area contributed by atoms with Crippen molar-refractivity contribution in [3.63, 3.8) is 0 Å². The molecule has 2 heteroatoms. The van der Waals surface area contributed by atoms with E-state index in [0.717, 1.165) is 18.4 Å². The second kappa shape index (κ2) is 9.07. The number of unbranched alkanes of at least 4 members (excludes halogenated alkanes) is 1. The molecule has 0 heterocycles. The van der Waals surface area contributed by atoms with Crippen LogP contribution in [0.25, 0.3) is 0 Å². The predicted molar refractivity (Wildman–Crippen MR) is 91.8 cm³/mol. The van der Waals surface area contributed by atoms with E-state index in [4.69, 9.17) is 0 Å². The van der Waals surface area contributed by atoms with E-state index in [9.17, 15) is 9.18 Å². The van der Waals surface area contributed by atoms with Gasteiger partial charge in [0.05, 0.1) is 0 Å². The van der Waals surface area contributed by atoms with Crippen LogP contribution < -0.4 is 0 Å². The Morgan fingerprint density at radius 2 is 1.77 bits per heavy atom. The van der Waals surface area contributed by atoms with E-state index in [2.05, 4.69) is 27.7 Å². The van der Waals surface area contributed by atoms with Crippen molar-refractivity contribution >= 4 is 5.78 Å². The summed E-state index contributed by atoms with van der Waals surface area (Å²) in [5.41, 5.74) is 1.67. The van der Waals surface area contributed by atoms with Crippen LogP contribution in [0.15, 0.2) is 18.2 Å². The van der Waals surface area contributed by atoms with Crippen molar-refractivity contribution in [2.75, 3.05) is 0 Å². The van der Waals surface area contributed by atoms with Gasteiger partial charge in [-0.1, -0.05) is 59.6 Å². The van der Waals surface area contributed by atoms with E-state index >= 15 is 0 Å². The molecular weight excluding hydrogens is 275 g/mol. The summed E-state index contributed by atoms with van der Waals surface area (Å²) < 4.78 is 14.2. The average molecular weight is 306 g/mol. The Balaban J connectivity index is 2.50. The number of carbonyl (C=O) groups excluding carboxylic acids is 1. The topological polar surface area (TPSA) is 17.1 Å². The third kappa shape index (κ3) is 6.29. The quantitative estimate of drug-likeness (QED) is 0.494. The minimum absolute atomic E-state index is 0.0428. The lowest BCUT2D eigenvalue weighted by Crippen LogP contribution is -2.07. The van der Waals surface area contributed by atoms with Gasteiger partial charge in [-0.2, -0.15) is 0 Å². The molecular formula is C20H31FO. The Morgan fingerprint density at radius 3 is 2.32 bits per heavy atom. The second-order valence-corrected chi connectivity index (χ2v) is 7.22.